The smallest absolute Gasteiger partial charge is 0.279 e. The van der Waals surface area contributed by atoms with Crippen molar-refractivity contribution < 1.29 is 24.0 Å². The van der Waals surface area contributed by atoms with Crippen molar-refractivity contribution in [3.8, 4) is 11.5 Å². The summed E-state index contributed by atoms with van der Waals surface area (Å²) in [5, 5.41) is 2.93. The van der Waals surface area contributed by atoms with Gasteiger partial charge in [-0.15, -0.1) is 0 Å². The Labute approximate surface area is 170 Å². The molecule has 29 heavy (non-hydrogen) atoms. The molecule has 0 aliphatic carbocycles. The zero-order valence-corrected chi connectivity index (χ0v) is 16.5. The quantitative estimate of drug-likeness (QED) is 0.790. The topological polar surface area (TPSA) is 72.3 Å². The van der Waals surface area contributed by atoms with Crippen molar-refractivity contribution in [2.45, 2.75) is 13.0 Å². The second-order valence-electron chi connectivity index (χ2n) is 7.53. The van der Waals surface area contributed by atoms with Gasteiger partial charge in [-0.25, -0.2) is 0 Å². The molecule has 2 heterocycles. The zero-order valence-electron chi connectivity index (χ0n) is 16.5. The van der Waals surface area contributed by atoms with Crippen molar-refractivity contribution in [1.82, 2.24) is 4.90 Å². The number of para-hydroxylation sites is 2. The van der Waals surface area contributed by atoms with Crippen molar-refractivity contribution in [2.24, 2.45) is 0 Å². The predicted molar refractivity (Wildman–Crippen MR) is 108 cm³/mol. The summed E-state index contributed by atoms with van der Waals surface area (Å²) in [5.74, 6) is 1.21. The molecule has 0 aromatic heterocycles. The Hall–Kier alpha value is -3.06. The molecule has 152 valence electrons. The Bertz CT molecular complexity index is 876. The van der Waals surface area contributed by atoms with Crippen LogP contribution in [-0.2, 0) is 9.59 Å². The van der Waals surface area contributed by atoms with E-state index < -0.39 is 6.10 Å². The molecule has 7 nitrogen and oxygen atoms in total. The van der Waals surface area contributed by atoms with E-state index in [9.17, 15) is 9.59 Å². The van der Waals surface area contributed by atoms with Gasteiger partial charge in [0, 0.05) is 5.69 Å². The molecule has 4 rings (SSSR count). The van der Waals surface area contributed by atoms with Gasteiger partial charge >= 0.3 is 0 Å². The lowest BCUT2D eigenvalue weighted by Gasteiger charge is -2.35. The van der Waals surface area contributed by atoms with Crippen LogP contribution in [0, 0.1) is 6.92 Å². The van der Waals surface area contributed by atoms with Crippen LogP contribution in [0.25, 0.3) is 0 Å². The predicted octanol–water partition coefficient (Wildman–Crippen LogP) is 0.501. The summed E-state index contributed by atoms with van der Waals surface area (Å²) >= 11 is 0. The van der Waals surface area contributed by atoms with E-state index in [0.29, 0.717) is 31.1 Å². The normalized spacial score (nSPS) is 18.9. The third-order valence-corrected chi connectivity index (χ3v) is 5.31. The van der Waals surface area contributed by atoms with Gasteiger partial charge in [-0.1, -0.05) is 29.8 Å². The second-order valence-corrected chi connectivity index (χ2v) is 7.53. The minimum Gasteiger partial charge on any atom is -0.485 e. The molecule has 2 aromatic carbocycles. The van der Waals surface area contributed by atoms with Crippen LogP contribution in [0.5, 0.6) is 11.5 Å². The fourth-order valence-corrected chi connectivity index (χ4v) is 3.63. The number of hydrogen-bond acceptors (Lipinski definition) is 4. The molecule has 7 heteroatoms. The molecule has 0 unspecified atom stereocenters. The number of carbonyl (C=O) groups excluding carboxylic acids is 2. The van der Waals surface area contributed by atoms with Crippen LogP contribution in [0.3, 0.4) is 0 Å². The van der Waals surface area contributed by atoms with E-state index in [1.807, 2.05) is 60.4 Å². The molecule has 2 amide bonds. The van der Waals surface area contributed by atoms with E-state index in [1.54, 1.807) is 0 Å². The second kappa shape index (κ2) is 8.53. The Morgan fingerprint density at radius 3 is 2.48 bits per heavy atom. The van der Waals surface area contributed by atoms with E-state index in [0.717, 1.165) is 24.3 Å². The minimum absolute atomic E-state index is 0.00995. The maximum atomic E-state index is 12.8. The van der Waals surface area contributed by atoms with Crippen LogP contribution >= 0.6 is 0 Å². The molecular weight excluding hydrogens is 370 g/mol. The lowest BCUT2D eigenvalue weighted by atomic mass is 10.2. The number of benzene rings is 2. The van der Waals surface area contributed by atoms with E-state index in [1.165, 1.54) is 4.90 Å². The molecule has 0 bridgehead atoms. The number of aryl methyl sites for hydroxylation is 1. The van der Waals surface area contributed by atoms with Crippen LogP contribution < -0.4 is 19.7 Å². The number of rotatable bonds is 4. The Morgan fingerprint density at radius 2 is 1.76 bits per heavy atom. The Kier molecular flexibility index (Phi) is 5.67. The standard InChI is InChI=1S/C22H25N3O4/c1-16-6-8-17(9-7-16)23-21(26)14-24-10-12-25(13-11-24)22(27)20-15-28-18-4-2-3-5-19(18)29-20/h2-9,20H,10-15H2,1H3,(H,23,26)/p+1/t20-/m1/s1. The summed E-state index contributed by atoms with van der Waals surface area (Å²) in [6.07, 6.45) is -0.615. The van der Waals surface area contributed by atoms with E-state index >= 15 is 0 Å². The third kappa shape index (κ3) is 4.68. The maximum absolute atomic E-state index is 12.8. The van der Waals surface area contributed by atoms with E-state index in [4.69, 9.17) is 9.47 Å². The number of nitrogens with zero attached hydrogens (tertiary/aromatic N) is 1. The van der Waals surface area contributed by atoms with E-state index in [-0.39, 0.29) is 18.4 Å². The van der Waals surface area contributed by atoms with Crippen molar-refractivity contribution in [3.63, 3.8) is 0 Å². The highest BCUT2D eigenvalue weighted by atomic mass is 16.6. The van der Waals surface area contributed by atoms with Crippen LogP contribution in [0.15, 0.2) is 48.5 Å². The third-order valence-electron chi connectivity index (χ3n) is 5.31. The summed E-state index contributed by atoms with van der Waals surface area (Å²) in [6.45, 7) is 5.31. The summed E-state index contributed by atoms with van der Waals surface area (Å²) in [5.41, 5.74) is 1.97. The first kappa shape index (κ1) is 19.3. The van der Waals surface area contributed by atoms with Crippen molar-refractivity contribution in [3.05, 3.63) is 54.1 Å². The van der Waals surface area contributed by atoms with Crippen LogP contribution in [0.1, 0.15) is 5.56 Å². The molecule has 1 fully saturated rings. The largest absolute Gasteiger partial charge is 0.485 e. The summed E-state index contributed by atoms with van der Waals surface area (Å²) in [7, 11) is 0. The summed E-state index contributed by atoms with van der Waals surface area (Å²) in [4.78, 5) is 28.1. The van der Waals surface area contributed by atoms with Gasteiger partial charge in [-0.3, -0.25) is 9.59 Å². The van der Waals surface area contributed by atoms with Crippen LogP contribution in [-0.4, -0.2) is 62.1 Å². The number of ether oxygens (including phenoxy) is 2. The van der Waals surface area contributed by atoms with Crippen LogP contribution in [0.4, 0.5) is 5.69 Å². The molecule has 2 aromatic rings. The molecular formula is C22H26N3O4+. The highest BCUT2D eigenvalue weighted by Crippen LogP contribution is 2.31. The first-order valence-electron chi connectivity index (χ1n) is 9.96. The molecule has 1 saturated heterocycles. The zero-order chi connectivity index (χ0) is 20.2. The molecule has 2 N–H and O–H groups in total. The van der Waals surface area contributed by atoms with Gasteiger partial charge in [0.2, 0.25) is 6.10 Å². The average Bonchev–Trinajstić information content (AvgIpc) is 2.75. The van der Waals surface area contributed by atoms with Crippen LogP contribution in [0.2, 0.25) is 0 Å². The van der Waals surface area contributed by atoms with Crippen molar-refractivity contribution in [2.75, 3.05) is 44.6 Å². The number of carbonyl (C=O) groups is 2. The van der Waals surface area contributed by atoms with E-state index in [2.05, 4.69) is 5.32 Å². The molecule has 0 saturated carbocycles. The molecule has 1 atom stereocenters. The van der Waals surface area contributed by atoms with Gasteiger partial charge in [0.05, 0.1) is 26.2 Å². The lowest BCUT2D eigenvalue weighted by Crippen LogP contribution is -3.15. The van der Waals surface area contributed by atoms with Gasteiger partial charge < -0.3 is 24.6 Å². The molecule has 0 radical (unpaired) electrons. The maximum Gasteiger partial charge on any atom is 0.279 e. The van der Waals surface area contributed by atoms with Gasteiger partial charge in [0.15, 0.2) is 18.0 Å². The van der Waals surface area contributed by atoms with Gasteiger partial charge in [-0.2, -0.15) is 0 Å². The number of anilines is 1. The number of nitrogens with one attached hydrogen (secondary N) is 2. The number of hydrogen-bond donors (Lipinski definition) is 2. The Morgan fingerprint density at radius 1 is 1.07 bits per heavy atom. The number of amides is 2. The molecule has 2 aliphatic rings. The fourth-order valence-electron chi connectivity index (χ4n) is 3.63. The van der Waals surface area contributed by atoms with Gasteiger partial charge in [0.1, 0.15) is 6.61 Å². The number of quaternary nitrogens is 1. The fraction of sp³-hybridized carbons (Fsp3) is 0.364. The number of fused-ring (bicyclic) bond motifs is 1. The van der Waals surface area contributed by atoms with Crippen molar-refractivity contribution >= 4 is 17.5 Å². The van der Waals surface area contributed by atoms with Gasteiger partial charge in [0.25, 0.3) is 11.8 Å². The molecule has 0 spiro atoms. The first-order valence-corrected chi connectivity index (χ1v) is 9.96. The summed E-state index contributed by atoms with van der Waals surface area (Å²) < 4.78 is 11.5. The first-order chi connectivity index (χ1) is 14.1. The minimum atomic E-state index is -0.615. The number of piperazine rings is 1. The van der Waals surface area contributed by atoms with Gasteiger partial charge in [-0.05, 0) is 31.2 Å². The Balaban J connectivity index is 1.24. The average molecular weight is 396 g/mol. The highest BCUT2D eigenvalue weighted by molar-refractivity contribution is 5.91. The lowest BCUT2D eigenvalue weighted by molar-refractivity contribution is -0.895. The SMILES string of the molecule is Cc1ccc(NC(=O)C[NH+]2CCN(C(=O)[C@H]3COc4ccccc4O3)CC2)cc1. The van der Waals surface area contributed by atoms with Crippen molar-refractivity contribution in [1.29, 1.82) is 0 Å². The molecule has 2 aliphatic heterocycles. The highest BCUT2D eigenvalue weighted by Gasteiger charge is 2.34. The monoisotopic (exact) mass is 396 g/mol. The summed E-state index contributed by atoms with van der Waals surface area (Å²) in [6, 6.07) is 15.1.